The van der Waals surface area contributed by atoms with Crippen LogP contribution in [0.1, 0.15) is 0 Å². The zero-order chi connectivity index (χ0) is 14.5. The van der Waals surface area contributed by atoms with Crippen LogP contribution in [0.15, 0.2) is 83.7 Å². The van der Waals surface area contributed by atoms with E-state index in [2.05, 4.69) is 44.6 Å². The Labute approximate surface area is 123 Å². The molecule has 0 atom stereocenters. The number of hydrogen-bond donors (Lipinski definition) is 0. The van der Waals surface area contributed by atoms with Crippen LogP contribution in [0, 0.1) is 0 Å². The summed E-state index contributed by atoms with van der Waals surface area (Å²) in [6.07, 6.45) is 13.1. The molecule has 1 aromatic heterocycles. The standard InChI is InChI=1S/C16H15N5/c1-20(16-8-3-2-4-9-16)11-15-7-5-6-14(15)10-19-21-12-17-18-13-21/h2-13H,1H3/b15-11-,19-10+. The normalized spacial score (nSPS) is 15.9. The van der Waals surface area contributed by atoms with Crippen LogP contribution >= 0.6 is 0 Å². The van der Waals surface area contributed by atoms with Gasteiger partial charge in [-0.3, -0.25) is 0 Å². The third-order valence-corrected chi connectivity index (χ3v) is 3.12. The third-order valence-electron chi connectivity index (χ3n) is 3.12. The lowest BCUT2D eigenvalue weighted by Gasteiger charge is -2.15. The van der Waals surface area contributed by atoms with E-state index in [-0.39, 0.29) is 0 Å². The van der Waals surface area contributed by atoms with Gasteiger partial charge in [0.25, 0.3) is 0 Å². The van der Waals surface area contributed by atoms with E-state index >= 15 is 0 Å². The second kappa shape index (κ2) is 6.00. The number of para-hydroxylation sites is 1. The van der Waals surface area contributed by atoms with Gasteiger partial charge < -0.3 is 4.90 Å². The third kappa shape index (κ3) is 3.14. The summed E-state index contributed by atoms with van der Waals surface area (Å²) in [5.74, 6) is 0. The second-order valence-electron chi connectivity index (χ2n) is 4.60. The summed E-state index contributed by atoms with van der Waals surface area (Å²) in [5, 5.41) is 11.7. The highest BCUT2D eigenvalue weighted by atomic mass is 15.4. The molecule has 0 bridgehead atoms. The molecule has 0 saturated heterocycles. The van der Waals surface area contributed by atoms with Crippen molar-refractivity contribution in [3.05, 3.63) is 78.6 Å². The molecule has 5 heteroatoms. The van der Waals surface area contributed by atoms with Crippen LogP contribution in [-0.4, -0.2) is 28.1 Å². The molecule has 1 aromatic carbocycles. The second-order valence-corrected chi connectivity index (χ2v) is 4.60. The first kappa shape index (κ1) is 13.1. The summed E-state index contributed by atoms with van der Waals surface area (Å²) >= 11 is 0. The van der Waals surface area contributed by atoms with Gasteiger partial charge in [0.1, 0.15) is 12.7 Å². The summed E-state index contributed by atoms with van der Waals surface area (Å²) in [5.41, 5.74) is 3.30. The summed E-state index contributed by atoms with van der Waals surface area (Å²) in [6, 6.07) is 10.2. The predicted octanol–water partition coefficient (Wildman–Crippen LogP) is 2.63. The molecule has 0 unspecified atom stereocenters. The Bertz CT molecular complexity index is 708. The Hall–Kier alpha value is -2.95. The van der Waals surface area contributed by atoms with Gasteiger partial charge >= 0.3 is 0 Å². The van der Waals surface area contributed by atoms with Gasteiger partial charge in [-0.2, -0.15) is 5.10 Å². The number of benzene rings is 1. The van der Waals surface area contributed by atoms with E-state index in [0.29, 0.717) is 0 Å². The molecule has 1 aliphatic carbocycles. The van der Waals surface area contributed by atoms with Crippen LogP contribution in [0.25, 0.3) is 0 Å². The Morgan fingerprint density at radius 3 is 2.67 bits per heavy atom. The molecule has 0 radical (unpaired) electrons. The Kier molecular flexibility index (Phi) is 3.73. The molecule has 5 nitrogen and oxygen atoms in total. The van der Waals surface area contributed by atoms with E-state index in [9.17, 15) is 0 Å². The molecular weight excluding hydrogens is 262 g/mol. The molecule has 1 heterocycles. The summed E-state index contributed by atoms with van der Waals surface area (Å²) in [6.45, 7) is 0. The molecule has 21 heavy (non-hydrogen) atoms. The number of nitrogens with zero attached hydrogens (tertiary/aromatic N) is 5. The molecule has 0 saturated carbocycles. The van der Waals surface area contributed by atoms with Gasteiger partial charge in [-0.05, 0) is 17.7 Å². The van der Waals surface area contributed by atoms with E-state index in [1.807, 2.05) is 37.4 Å². The number of hydrogen-bond acceptors (Lipinski definition) is 4. The molecule has 0 aliphatic heterocycles. The lowest BCUT2D eigenvalue weighted by Crippen LogP contribution is -2.09. The minimum absolute atomic E-state index is 1.05. The average molecular weight is 277 g/mol. The fraction of sp³-hybridized carbons (Fsp3) is 0.0625. The highest BCUT2D eigenvalue weighted by molar-refractivity contribution is 5.88. The van der Waals surface area contributed by atoms with E-state index < -0.39 is 0 Å². The largest absolute Gasteiger partial charge is 0.350 e. The van der Waals surface area contributed by atoms with Gasteiger partial charge in [-0.1, -0.05) is 36.4 Å². The SMILES string of the molecule is CN(/C=C1/C=CC=C1/C=N/n1cnnc1)c1ccccc1. The van der Waals surface area contributed by atoms with Crippen molar-refractivity contribution in [3.63, 3.8) is 0 Å². The van der Waals surface area contributed by atoms with Crippen LogP contribution in [-0.2, 0) is 0 Å². The number of rotatable bonds is 4. The van der Waals surface area contributed by atoms with Crippen LogP contribution < -0.4 is 4.90 Å². The summed E-state index contributed by atoms with van der Waals surface area (Å²) < 4.78 is 1.57. The molecule has 2 aromatic rings. The van der Waals surface area contributed by atoms with Crippen molar-refractivity contribution in [2.24, 2.45) is 5.10 Å². The van der Waals surface area contributed by atoms with Gasteiger partial charge in [0.15, 0.2) is 0 Å². The molecule has 1 aliphatic rings. The summed E-state index contributed by atoms with van der Waals surface area (Å²) in [7, 11) is 2.03. The van der Waals surface area contributed by atoms with E-state index in [0.717, 1.165) is 16.8 Å². The number of aromatic nitrogens is 3. The van der Waals surface area contributed by atoms with Crippen molar-refractivity contribution < 1.29 is 0 Å². The highest BCUT2D eigenvalue weighted by Gasteiger charge is 2.06. The molecule has 0 N–H and O–H groups in total. The van der Waals surface area contributed by atoms with Crippen LogP contribution in [0.3, 0.4) is 0 Å². The average Bonchev–Trinajstić information content (AvgIpc) is 3.17. The lowest BCUT2D eigenvalue weighted by molar-refractivity contribution is 0.878. The first-order chi connectivity index (χ1) is 10.3. The minimum atomic E-state index is 1.05. The molecule has 104 valence electrons. The highest BCUT2D eigenvalue weighted by Crippen LogP contribution is 2.20. The monoisotopic (exact) mass is 277 g/mol. The van der Waals surface area contributed by atoms with Crippen LogP contribution in [0.5, 0.6) is 0 Å². The maximum atomic E-state index is 4.28. The maximum absolute atomic E-state index is 4.28. The van der Waals surface area contributed by atoms with Gasteiger partial charge in [-0.15, -0.1) is 10.2 Å². The van der Waals surface area contributed by atoms with Crippen LogP contribution in [0.2, 0.25) is 0 Å². The fourth-order valence-electron chi connectivity index (χ4n) is 2.01. The summed E-state index contributed by atoms with van der Waals surface area (Å²) in [4.78, 5) is 2.09. The fourth-order valence-corrected chi connectivity index (χ4v) is 2.01. The van der Waals surface area contributed by atoms with Gasteiger partial charge in [0, 0.05) is 24.5 Å². The van der Waals surface area contributed by atoms with Crippen molar-refractivity contribution >= 4 is 11.9 Å². The van der Waals surface area contributed by atoms with Crippen LogP contribution in [0.4, 0.5) is 5.69 Å². The van der Waals surface area contributed by atoms with Gasteiger partial charge in [0.2, 0.25) is 0 Å². The number of anilines is 1. The lowest BCUT2D eigenvalue weighted by atomic mass is 10.1. The first-order valence-electron chi connectivity index (χ1n) is 6.60. The Morgan fingerprint density at radius 1 is 1.14 bits per heavy atom. The Morgan fingerprint density at radius 2 is 1.90 bits per heavy atom. The predicted molar refractivity (Wildman–Crippen MR) is 84.1 cm³/mol. The zero-order valence-electron chi connectivity index (χ0n) is 11.7. The van der Waals surface area contributed by atoms with E-state index in [4.69, 9.17) is 0 Å². The topological polar surface area (TPSA) is 46.3 Å². The smallest absolute Gasteiger partial charge is 0.141 e. The Balaban J connectivity index is 1.77. The minimum Gasteiger partial charge on any atom is -0.350 e. The van der Waals surface area contributed by atoms with Crippen molar-refractivity contribution in [3.8, 4) is 0 Å². The maximum Gasteiger partial charge on any atom is 0.141 e. The molecular formula is C16H15N5. The number of allylic oxidation sites excluding steroid dienone is 5. The van der Waals surface area contributed by atoms with Gasteiger partial charge in [0.05, 0.1) is 6.21 Å². The molecule has 3 rings (SSSR count). The van der Waals surface area contributed by atoms with Crippen molar-refractivity contribution in [2.45, 2.75) is 0 Å². The first-order valence-corrected chi connectivity index (χ1v) is 6.60. The van der Waals surface area contributed by atoms with E-state index in [1.165, 1.54) is 0 Å². The zero-order valence-corrected chi connectivity index (χ0v) is 11.7. The van der Waals surface area contributed by atoms with Crippen molar-refractivity contribution in [1.82, 2.24) is 14.9 Å². The van der Waals surface area contributed by atoms with E-state index in [1.54, 1.807) is 23.5 Å². The quantitative estimate of drug-likeness (QED) is 0.807. The molecule has 0 fully saturated rings. The van der Waals surface area contributed by atoms with Gasteiger partial charge in [-0.25, -0.2) is 4.68 Å². The molecule has 0 spiro atoms. The van der Waals surface area contributed by atoms with Crippen molar-refractivity contribution in [2.75, 3.05) is 11.9 Å². The molecule has 0 amide bonds. The van der Waals surface area contributed by atoms with Crippen molar-refractivity contribution in [1.29, 1.82) is 0 Å².